The number of thioether (sulfide) groups is 1. The van der Waals surface area contributed by atoms with E-state index in [0.29, 0.717) is 16.9 Å². The second-order valence-electron chi connectivity index (χ2n) is 8.06. The molecule has 4 heterocycles. The number of pyridine rings is 1. The number of halogens is 3. The van der Waals surface area contributed by atoms with Crippen molar-refractivity contribution >= 4 is 57.6 Å². The number of nitrogens with one attached hydrogen (secondary N) is 2. The molecule has 2 aromatic heterocycles. The molecule has 17 heteroatoms. The number of amides is 3. The molecule has 1 fully saturated rings. The number of hydrogen-bond acceptors (Lipinski definition) is 10. The molecule has 4 rings (SSSR count). The predicted molar refractivity (Wildman–Crippen MR) is 132 cm³/mol. The number of nitrogens with zero attached hydrogens (tertiary/aromatic N) is 4. The van der Waals surface area contributed by atoms with Gasteiger partial charge >= 0.3 is 12.1 Å². The van der Waals surface area contributed by atoms with Gasteiger partial charge in [-0.2, -0.15) is 13.2 Å². The second-order valence-corrected chi connectivity index (χ2v) is 10.0. The third-order valence-corrected chi connectivity index (χ3v) is 7.52. The molecule has 0 radical (unpaired) electrons. The Hall–Kier alpha value is -4.43. The summed E-state index contributed by atoms with van der Waals surface area (Å²) in [7, 11) is 0. The number of carboxylic acid groups (broad SMARTS) is 1. The summed E-state index contributed by atoms with van der Waals surface area (Å²) in [6, 6.07) is 4.15. The molecule has 40 heavy (non-hydrogen) atoms. The van der Waals surface area contributed by atoms with Gasteiger partial charge in [-0.1, -0.05) is 17.1 Å². The van der Waals surface area contributed by atoms with Gasteiger partial charge in [0.1, 0.15) is 17.1 Å². The fourth-order valence-corrected chi connectivity index (χ4v) is 5.74. The molecule has 2 N–H and O–H groups in total. The van der Waals surface area contributed by atoms with Crippen LogP contribution in [0, 0.1) is 12.3 Å². The average Bonchev–Trinajstić information content (AvgIpc) is 3.37. The van der Waals surface area contributed by atoms with Crippen molar-refractivity contribution in [1.29, 1.82) is 0 Å². The molecule has 12 nitrogen and oxygen atoms in total. The highest BCUT2D eigenvalue weighted by Gasteiger charge is 2.53. The highest BCUT2D eigenvalue weighted by molar-refractivity contribution is 8.00. The van der Waals surface area contributed by atoms with Crippen LogP contribution in [-0.4, -0.2) is 69.2 Å². The Morgan fingerprint density at radius 3 is 2.67 bits per heavy atom. The van der Waals surface area contributed by atoms with Crippen molar-refractivity contribution in [3.63, 3.8) is 0 Å². The summed E-state index contributed by atoms with van der Waals surface area (Å²) < 4.78 is 39.4. The summed E-state index contributed by atoms with van der Waals surface area (Å²) in [6.07, 6.45) is 3.41. The number of hydrogen-bond donors (Lipinski definition) is 2. The van der Waals surface area contributed by atoms with Crippen molar-refractivity contribution in [2.24, 2.45) is 5.16 Å². The van der Waals surface area contributed by atoms with Crippen LogP contribution < -0.4 is 20.3 Å². The van der Waals surface area contributed by atoms with Gasteiger partial charge in [-0.05, 0) is 0 Å². The van der Waals surface area contributed by atoms with Crippen molar-refractivity contribution in [2.45, 2.75) is 24.1 Å². The lowest BCUT2D eigenvalue weighted by Crippen LogP contribution is -2.71. The molecular weight excluding hydrogens is 577 g/mol. The third-order valence-electron chi connectivity index (χ3n) is 5.42. The number of carbonyl (C=O) groups excluding carboxylic acids is 4. The van der Waals surface area contributed by atoms with Crippen LogP contribution in [-0.2, 0) is 30.6 Å². The van der Waals surface area contributed by atoms with Gasteiger partial charge < -0.3 is 20.1 Å². The van der Waals surface area contributed by atoms with Crippen molar-refractivity contribution in [3.8, 4) is 12.3 Å². The molecule has 2 aromatic rings. The summed E-state index contributed by atoms with van der Waals surface area (Å²) in [5.41, 5.74) is -0.653. The van der Waals surface area contributed by atoms with E-state index >= 15 is 0 Å². The van der Waals surface area contributed by atoms with Crippen molar-refractivity contribution in [3.05, 3.63) is 52.9 Å². The minimum absolute atomic E-state index is 0.199. The lowest BCUT2D eigenvalue weighted by atomic mass is 10.0. The van der Waals surface area contributed by atoms with Gasteiger partial charge in [-0.15, -0.1) is 29.5 Å². The van der Waals surface area contributed by atoms with Gasteiger partial charge in [0.2, 0.25) is 0 Å². The van der Waals surface area contributed by atoms with E-state index in [4.69, 9.17) is 11.3 Å². The molecule has 2 aliphatic rings. The van der Waals surface area contributed by atoms with E-state index in [1.54, 1.807) is 40.5 Å². The van der Waals surface area contributed by atoms with E-state index in [0.717, 1.165) is 10.3 Å². The Kier molecular flexibility index (Phi) is 8.40. The largest absolute Gasteiger partial charge is 0.543 e. The van der Waals surface area contributed by atoms with E-state index in [-0.39, 0.29) is 30.3 Å². The maximum Gasteiger partial charge on any atom is 0.471 e. The quantitative estimate of drug-likeness (QED) is 0.0973. The number of thiazole rings is 1. The minimum Gasteiger partial charge on any atom is -0.543 e. The van der Waals surface area contributed by atoms with Crippen molar-refractivity contribution in [2.75, 3.05) is 17.7 Å². The van der Waals surface area contributed by atoms with Crippen LogP contribution >= 0.6 is 23.1 Å². The summed E-state index contributed by atoms with van der Waals surface area (Å²) in [6.45, 7) is -0.166. The Morgan fingerprint density at radius 1 is 1.30 bits per heavy atom. The normalized spacial score (nSPS) is 18.8. The van der Waals surface area contributed by atoms with Crippen LogP contribution in [0.5, 0.6) is 0 Å². The fraction of sp³-hybridized carbons (Fsp3) is 0.261. The number of oxime groups is 1. The van der Waals surface area contributed by atoms with Crippen LogP contribution in [0.15, 0.2) is 52.4 Å². The van der Waals surface area contributed by atoms with E-state index in [2.05, 4.69) is 21.4 Å². The lowest BCUT2D eigenvalue weighted by molar-refractivity contribution is -0.689. The van der Waals surface area contributed by atoms with Gasteiger partial charge in [0.15, 0.2) is 36.4 Å². The molecule has 0 saturated carbocycles. The lowest BCUT2D eigenvalue weighted by Gasteiger charge is -2.50. The zero-order valence-corrected chi connectivity index (χ0v) is 21.6. The number of aromatic nitrogens is 2. The summed E-state index contributed by atoms with van der Waals surface area (Å²) in [4.78, 5) is 58.9. The number of carboxylic acids is 1. The smallest absolute Gasteiger partial charge is 0.471 e. The SMILES string of the molecule is C#CCON=C(C(=O)NC1C(=O)N2C(C(=O)[O-])=C(C[n+]3ccccc3)CS[C@@H]12)c1csc(NC(=O)C(F)(F)F)n1. The van der Waals surface area contributed by atoms with Crippen molar-refractivity contribution < 1.29 is 46.9 Å². The minimum atomic E-state index is -5.16. The Bertz CT molecular complexity index is 1450. The monoisotopic (exact) mass is 594 g/mol. The number of carbonyl (C=O) groups is 4. The third kappa shape index (κ3) is 6.07. The van der Waals surface area contributed by atoms with Crippen LogP contribution in [0.25, 0.3) is 0 Å². The Balaban J connectivity index is 1.52. The first-order chi connectivity index (χ1) is 19.0. The Morgan fingerprint density at radius 2 is 2.02 bits per heavy atom. The van der Waals surface area contributed by atoms with Crippen LogP contribution in [0.2, 0.25) is 0 Å². The van der Waals surface area contributed by atoms with E-state index in [1.807, 2.05) is 0 Å². The van der Waals surface area contributed by atoms with Crippen LogP contribution in [0.3, 0.4) is 0 Å². The molecular formula is C23H17F3N6O6S2. The average molecular weight is 595 g/mol. The zero-order valence-electron chi connectivity index (χ0n) is 20.0. The maximum absolute atomic E-state index is 13.1. The molecule has 0 bridgehead atoms. The summed E-state index contributed by atoms with van der Waals surface area (Å²) in [5.74, 6) is -3.19. The molecule has 2 aliphatic heterocycles. The number of aliphatic carboxylic acids is 1. The zero-order chi connectivity index (χ0) is 29.0. The molecule has 1 saturated heterocycles. The van der Waals surface area contributed by atoms with Gasteiger partial charge in [0.05, 0.1) is 11.7 Å². The Labute approximate surface area is 231 Å². The second kappa shape index (κ2) is 11.8. The maximum atomic E-state index is 13.1. The summed E-state index contributed by atoms with van der Waals surface area (Å²) in [5, 5.41) is 19.4. The number of rotatable bonds is 9. The van der Waals surface area contributed by atoms with E-state index in [1.165, 1.54) is 11.8 Å². The standard InChI is InChI=1S/C23H17F3N6O6S2/c1-2-8-38-30-14(13-11-40-22(27-13)29-21(37)23(24,25)26)17(33)28-15-18(34)32-16(20(35)36)12(10-39-19(15)32)9-31-6-4-3-5-7-31/h1,3-7,11,15,19H,8-10H2,(H2-,27,28,29,33,35,36,37)/t15?,19-/m0/s1. The van der Waals surface area contributed by atoms with Gasteiger partial charge in [0.25, 0.3) is 11.8 Å². The van der Waals surface area contributed by atoms with Crippen molar-refractivity contribution in [1.82, 2.24) is 15.2 Å². The number of terminal acetylenes is 1. The first kappa shape index (κ1) is 28.6. The highest BCUT2D eigenvalue weighted by Crippen LogP contribution is 2.40. The molecule has 208 valence electrons. The highest BCUT2D eigenvalue weighted by atomic mass is 32.2. The molecule has 0 spiro atoms. The number of anilines is 1. The molecule has 0 aliphatic carbocycles. The molecule has 3 amide bonds. The number of alkyl halides is 3. The predicted octanol–water partition coefficient (Wildman–Crippen LogP) is -0.611. The first-order valence-corrected chi connectivity index (χ1v) is 13.0. The van der Waals surface area contributed by atoms with Crippen LogP contribution in [0.4, 0.5) is 18.3 Å². The number of β-lactam (4-membered cyclic amide) rings is 1. The molecule has 0 aromatic carbocycles. The summed E-state index contributed by atoms with van der Waals surface area (Å²) >= 11 is 1.80. The topological polar surface area (TPSA) is 157 Å². The van der Waals surface area contributed by atoms with E-state index < -0.39 is 52.1 Å². The van der Waals surface area contributed by atoms with Gasteiger partial charge in [0, 0.05) is 28.8 Å². The molecule has 2 atom stereocenters. The fourth-order valence-electron chi connectivity index (χ4n) is 3.71. The van der Waals surface area contributed by atoms with Gasteiger partial charge in [-0.3, -0.25) is 24.6 Å². The molecule has 1 unspecified atom stereocenters. The first-order valence-electron chi connectivity index (χ1n) is 11.1. The van der Waals surface area contributed by atoms with Crippen LogP contribution in [0.1, 0.15) is 5.69 Å². The van der Waals surface area contributed by atoms with Gasteiger partial charge in [-0.25, -0.2) is 9.55 Å². The van der Waals surface area contributed by atoms with E-state index in [9.17, 15) is 37.5 Å². The number of fused-ring (bicyclic) bond motifs is 1.